The van der Waals surface area contributed by atoms with Crippen molar-refractivity contribution in [2.45, 2.75) is 194 Å². The van der Waals surface area contributed by atoms with Crippen molar-refractivity contribution in [3.8, 4) is 0 Å². The van der Waals surface area contributed by atoms with Crippen molar-refractivity contribution in [1.29, 1.82) is 0 Å². The van der Waals surface area contributed by atoms with Gasteiger partial charge in [0.25, 0.3) is 0 Å². The van der Waals surface area contributed by atoms with E-state index in [1.807, 2.05) is 0 Å². The Morgan fingerprint density at radius 3 is 1.22 bits per heavy atom. The molecule has 1 aromatic rings. The second kappa shape index (κ2) is 27.2. The average Bonchev–Trinajstić information content (AvgIpc) is 2.90. The summed E-state index contributed by atoms with van der Waals surface area (Å²) in [5.41, 5.74) is 1.53. The maximum Gasteiger partial charge on any atom is 0.171 e. The lowest BCUT2D eigenvalue weighted by Gasteiger charge is -2.04. The zero-order chi connectivity index (χ0) is 25.8. The molecule has 0 radical (unpaired) electrons. The number of pyridine rings is 1. The van der Waals surface area contributed by atoms with Crippen LogP contribution in [0.3, 0.4) is 0 Å². The number of nitrogens with zero attached hydrogens (tertiary/aromatic N) is 1. The lowest BCUT2D eigenvalue weighted by atomic mass is 10.0. The van der Waals surface area contributed by atoms with Crippen LogP contribution in [0.5, 0.6) is 0 Å². The molecule has 0 spiro atoms. The van der Waals surface area contributed by atoms with Crippen molar-refractivity contribution in [2.24, 2.45) is 0 Å². The highest BCUT2D eigenvalue weighted by molar-refractivity contribution is 5.05. The molecule has 0 aliphatic rings. The molecular formula is C35H66N+. The molecule has 0 N–H and O–H groups in total. The Morgan fingerprint density at radius 2 is 0.806 bits per heavy atom. The Balaban J connectivity index is 1.87. The van der Waals surface area contributed by atoms with Crippen LogP contribution >= 0.6 is 0 Å². The quantitative estimate of drug-likeness (QED) is 0.0795. The van der Waals surface area contributed by atoms with Gasteiger partial charge in [0.05, 0.1) is 0 Å². The van der Waals surface area contributed by atoms with Gasteiger partial charge in [-0.05, 0) is 25.3 Å². The first-order chi connectivity index (χ1) is 17.9. The predicted molar refractivity (Wildman–Crippen MR) is 162 cm³/mol. The van der Waals surface area contributed by atoms with E-state index in [9.17, 15) is 0 Å². The first-order valence-electron chi connectivity index (χ1n) is 16.8. The third-order valence-corrected chi connectivity index (χ3v) is 8.01. The molecule has 1 heterocycles. The predicted octanol–water partition coefficient (Wildman–Crippen LogP) is 11.7. The van der Waals surface area contributed by atoms with Gasteiger partial charge in [-0.3, -0.25) is 0 Å². The van der Waals surface area contributed by atoms with Gasteiger partial charge in [0.1, 0.15) is 6.54 Å². The van der Waals surface area contributed by atoms with E-state index >= 15 is 0 Å². The van der Waals surface area contributed by atoms with Crippen LogP contribution in [-0.2, 0) is 13.0 Å². The normalized spacial score (nSPS) is 11.4. The number of unbranched alkanes of at least 4 members (excludes halogenated alkanes) is 24. The van der Waals surface area contributed by atoms with E-state index in [0.717, 1.165) is 0 Å². The van der Waals surface area contributed by atoms with Crippen molar-refractivity contribution in [1.82, 2.24) is 0 Å². The van der Waals surface area contributed by atoms with Gasteiger partial charge in [-0.2, -0.15) is 0 Å². The molecule has 0 saturated heterocycles. The topological polar surface area (TPSA) is 3.88 Å². The van der Waals surface area contributed by atoms with Crippen LogP contribution in [0.2, 0.25) is 0 Å². The Morgan fingerprint density at radius 1 is 0.444 bits per heavy atom. The summed E-state index contributed by atoms with van der Waals surface area (Å²) in [7, 11) is 0. The van der Waals surface area contributed by atoms with Crippen LogP contribution < -0.4 is 4.57 Å². The summed E-state index contributed by atoms with van der Waals surface area (Å²) in [6.45, 7) is 5.80. The Hall–Kier alpha value is -0.850. The lowest BCUT2D eigenvalue weighted by Crippen LogP contribution is -2.33. The second-order valence-corrected chi connectivity index (χ2v) is 11.7. The summed E-state index contributed by atoms with van der Waals surface area (Å²) < 4.78 is 2.44. The summed E-state index contributed by atoms with van der Waals surface area (Å²) in [5.74, 6) is 0. The molecule has 1 nitrogen and oxygen atoms in total. The van der Waals surface area contributed by atoms with Gasteiger partial charge in [-0.15, -0.1) is 0 Å². The average molecular weight is 501 g/mol. The third kappa shape index (κ3) is 22.4. The Kier molecular flexibility index (Phi) is 25.1. The number of aromatic nitrogens is 1. The minimum absolute atomic E-state index is 1.20. The molecule has 0 bridgehead atoms. The first kappa shape index (κ1) is 33.2. The van der Waals surface area contributed by atoms with Crippen molar-refractivity contribution >= 4 is 0 Å². The van der Waals surface area contributed by atoms with Gasteiger partial charge in [-0.25, -0.2) is 4.57 Å². The number of rotatable bonds is 28. The zero-order valence-corrected chi connectivity index (χ0v) is 25.1. The standard InChI is InChI=1S/C35H66N/c1-3-5-7-9-11-13-14-15-16-17-18-19-20-22-24-26-28-32-36-33-29-31-35(34-36)30-27-25-23-21-12-10-8-6-4-2/h29,31,33-34H,3-28,30,32H2,1-2H3/q+1. The molecule has 1 rings (SSSR count). The molecule has 0 aliphatic carbocycles. The van der Waals surface area contributed by atoms with Gasteiger partial charge in [0.2, 0.25) is 0 Å². The first-order valence-corrected chi connectivity index (χ1v) is 16.8. The maximum absolute atomic E-state index is 2.44. The number of aryl methyl sites for hydroxylation is 2. The van der Waals surface area contributed by atoms with Gasteiger partial charge < -0.3 is 0 Å². The van der Waals surface area contributed by atoms with Crippen LogP contribution in [0.15, 0.2) is 24.5 Å². The highest BCUT2D eigenvalue weighted by Crippen LogP contribution is 2.14. The van der Waals surface area contributed by atoms with Crippen molar-refractivity contribution in [3.63, 3.8) is 0 Å². The largest absolute Gasteiger partial charge is 0.205 e. The molecule has 1 heteroatoms. The number of hydrogen-bond donors (Lipinski definition) is 0. The molecule has 0 aliphatic heterocycles. The molecular weight excluding hydrogens is 434 g/mol. The minimum Gasteiger partial charge on any atom is -0.205 e. The molecule has 1 aromatic heterocycles. The summed E-state index contributed by atoms with van der Waals surface area (Å²) in [4.78, 5) is 0. The van der Waals surface area contributed by atoms with Gasteiger partial charge in [0.15, 0.2) is 12.4 Å². The van der Waals surface area contributed by atoms with Gasteiger partial charge >= 0.3 is 0 Å². The van der Waals surface area contributed by atoms with Crippen LogP contribution in [-0.4, -0.2) is 0 Å². The van der Waals surface area contributed by atoms with E-state index in [1.165, 1.54) is 185 Å². The molecule has 0 aromatic carbocycles. The maximum atomic E-state index is 2.44. The molecule has 0 unspecified atom stereocenters. The van der Waals surface area contributed by atoms with E-state index in [1.54, 1.807) is 0 Å². The summed E-state index contributed by atoms with van der Waals surface area (Å²) in [5, 5.41) is 0. The summed E-state index contributed by atoms with van der Waals surface area (Å²) in [6.07, 6.45) is 43.3. The van der Waals surface area contributed by atoms with Crippen LogP contribution in [0.25, 0.3) is 0 Å². The molecule has 0 amide bonds. The van der Waals surface area contributed by atoms with Gasteiger partial charge in [0, 0.05) is 18.1 Å². The second-order valence-electron chi connectivity index (χ2n) is 11.7. The summed E-state index contributed by atoms with van der Waals surface area (Å²) in [6, 6.07) is 4.59. The molecule has 0 fully saturated rings. The van der Waals surface area contributed by atoms with Crippen LogP contribution in [0.1, 0.15) is 186 Å². The van der Waals surface area contributed by atoms with E-state index in [4.69, 9.17) is 0 Å². The van der Waals surface area contributed by atoms with E-state index in [0.29, 0.717) is 0 Å². The molecule has 210 valence electrons. The van der Waals surface area contributed by atoms with Gasteiger partial charge in [-0.1, -0.05) is 162 Å². The van der Waals surface area contributed by atoms with E-state index in [2.05, 4.69) is 42.9 Å². The van der Waals surface area contributed by atoms with Crippen LogP contribution in [0, 0.1) is 0 Å². The highest BCUT2D eigenvalue weighted by Gasteiger charge is 2.03. The van der Waals surface area contributed by atoms with Crippen molar-refractivity contribution in [3.05, 3.63) is 30.1 Å². The fourth-order valence-corrected chi connectivity index (χ4v) is 5.52. The smallest absolute Gasteiger partial charge is 0.171 e. The fourth-order valence-electron chi connectivity index (χ4n) is 5.52. The van der Waals surface area contributed by atoms with E-state index in [-0.39, 0.29) is 0 Å². The molecule has 36 heavy (non-hydrogen) atoms. The lowest BCUT2D eigenvalue weighted by molar-refractivity contribution is -0.697. The van der Waals surface area contributed by atoms with Crippen molar-refractivity contribution in [2.75, 3.05) is 0 Å². The highest BCUT2D eigenvalue weighted by atomic mass is 14.9. The monoisotopic (exact) mass is 501 g/mol. The summed E-state index contributed by atoms with van der Waals surface area (Å²) >= 11 is 0. The third-order valence-electron chi connectivity index (χ3n) is 8.01. The van der Waals surface area contributed by atoms with Crippen molar-refractivity contribution < 1.29 is 4.57 Å². The fraction of sp³-hybridized carbons (Fsp3) is 0.857. The SMILES string of the molecule is CCCCCCCCCCCCCCCCCCC[n+]1cccc(CCCCCCCCCCC)c1. The van der Waals surface area contributed by atoms with Crippen LogP contribution in [0.4, 0.5) is 0 Å². The van der Waals surface area contributed by atoms with E-state index < -0.39 is 0 Å². The minimum atomic E-state index is 1.20. The Labute approximate surface area is 228 Å². The zero-order valence-electron chi connectivity index (χ0n) is 25.1. The molecule has 0 atom stereocenters. The Bertz CT molecular complexity index is 551. The molecule has 0 saturated carbocycles. The number of hydrogen-bond acceptors (Lipinski definition) is 0.